The summed E-state index contributed by atoms with van der Waals surface area (Å²) in [6.45, 7) is -0.277. The van der Waals surface area contributed by atoms with Gasteiger partial charge in [-0.2, -0.15) is 16.8 Å². The molecule has 10 heteroatoms. The third-order valence-electron chi connectivity index (χ3n) is 1.73. The van der Waals surface area contributed by atoms with Crippen LogP contribution in [0.15, 0.2) is 0 Å². The van der Waals surface area contributed by atoms with Gasteiger partial charge in [0, 0.05) is 0 Å². The van der Waals surface area contributed by atoms with Crippen molar-refractivity contribution in [1.29, 1.82) is 0 Å². The summed E-state index contributed by atoms with van der Waals surface area (Å²) in [6.07, 6.45) is -2.19. The lowest BCUT2D eigenvalue weighted by molar-refractivity contribution is 0.0437. The van der Waals surface area contributed by atoms with Gasteiger partial charge in [-0.3, -0.25) is 9.11 Å². The molecule has 0 bridgehead atoms. The van der Waals surface area contributed by atoms with Crippen LogP contribution in [0.2, 0.25) is 0 Å². The van der Waals surface area contributed by atoms with E-state index in [-0.39, 0.29) is 6.79 Å². The molecule has 0 spiro atoms. The molecule has 15 heavy (non-hydrogen) atoms. The molecule has 1 fully saturated rings. The summed E-state index contributed by atoms with van der Waals surface area (Å²) < 4.78 is 68.6. The van der Waals surface area contributed by atoms with Crippen molar-refractivity contribution in [2.24, 2.45) is 0 Å². The first-order chi connectivity index (χ1) is 6.67. The van der Waals surface area contributed by atoms with Crippen LogP contribution in [0.5, 0.6) is 0 Å². The molecule has 2 atom stereocenters. The average Bonchev–Trinajstić information content (AvgIpc) is 2.29. The highest BCUT2D eigenvalue weighted by molar-refractivity contribution is 7.86. The van der Waals surface area contributed by atoms with Crippen molar-refractivity contribution in [2.75, 3.05) is 18.3 Å². The lowest BCUT2D eigenvalue weighted by Crippen LogP contribution is -2.35. The topological polar surface area (TPSA) is 127 Å². The predicted molar refractivity (Wildman–Crippen MR) is 47.4 cm³/mol. The Hall–Kier alpha value is -0.260. The smallest absolute Gasteiger partial charge is 0.267 e. The minimum atomic E-state index is -4.28. The molecule has 2 unspecified atom stereocenters. The second kappa shape index (κ2) is 4.31. The first kappa shape index (κ1) is 12.8. The predicted octanol–water partition coefficient (Wildman–Crippen LogP) is -1.50. The van der Waals surface area contributed by atoms with Crippen molar-refractivity contribution in [3.05, 3.63) is 0 Å². The third-order valence-corrected chi connectivity index (χ3v) is 3.23. The van der Waals surface area contributed by atoms with Crippen LogP contribution in [0.3, 0.4) is 0 Å². The van der Waals surface area contributed by atoms with Gasteiger partial charge in [-0.25, -0.2) is 0 Å². The largest absolute Gasteiger partial charge is 0.348 e. The van der Waals surface area contributed by atoms with Gasteiger partial charge in [0.2, 0.25) is 0 Å². The molecule has 0 saturated carbocycles. The van der Waals surface area contributed by atoms with Crippen LogP contribution < -0.4 is 0 Å². The summed E-state index contributed by atoms with van der Waals surface area (Å²) >= 11 is 0. The monoisotopic (exact) mass is 262 g/mol. The Bertz CT molecular complexity index is 368. The molecular weight excluding hydrogens is 252 g/mol. The van der Waals surface area contributed by atoms with Crippen LogP contribution in [-0.4, -0.2) is 56.4 Å². The molecule has 8 nitrogen and oxygen atoms in total. The van der Waals surface area contributed by atoms with E-state index in [1.165, 1.54) is 0 Å². The number of hydrogen-bond acceptors (Lipinski definition) is 6. The molecule has 1 aliphatic rings. The minimum absolute atomic E-state index is 0.277. The zero-order valence-electron chi connectivity index (χ0n) is 7.44. The Morgan fingerprint density at radius 2 is 1.27 bits per heavy atom. The van der Waals surface area contributed by atoms with E-state index in [9.17, 15) is 16.8 Å². The summed E-state index contributed by atoms with van der Waals surface area (Å²) in [6, 6.07) is 0. The summed E-state index contributed by atoms with van der Waals surface area (Å²) in [5.41, 5.74) is 0. The first-order valence-electron chi connectivity index (χ1n) is 3.81. The van der Waals surface area contributed by atoms with Gasteiger partial charge in [0.1, 0.15) is 30.5 Å². The molecule has 0 amide bonds. The second-order valence-corrected chi connectivity index (χ2v) is 6.02. The van der Waals surface area contributed by atoms with Gasteiger partial charge in [-0.15, -0.1) is 0 Å². The maximum atomic E-state index is 10.5. The average molecular weight is 262 g/mol. The Kier molecular flexibility index (Phi) is 3.68. The Morgan fingerprint density at radius 1 is 0.933 bits per heavy atom. The van der Waals surface area contributed by atoms with E-state index < -0.39 is 43.9 Å². The first-order valence-corrected chi connectivity index (χ1v) is 7.03. The third kappa shape index (κ3) is 4.86. The Balaban J connectivity index is 2.66. The van der Waals surface area contributed by atoms with Crippen LogP contribution in [-0.2, 0) is 29.7 Å². The molecule has 1 aliphatic heterocycles. The number of rotatable bonds is 4. The molecule has 1 rings (SSSR count). The standard InChI is InChI=1S/C5H10O8S2/c6-14(7,8)1-4-5(13-3-12-4)2-15(9,10)11/h4-5H,1-3H2,(H,6,7,8)(H,9,10,11). The van der Waals surface area contributed by atoms with Crippen LogP contribution in [0.1, 0.15) is 0 Å². The molecule has 0 aromatic rings. The lowest BCUT2D eigenvalue weighted by Gasteiger charge is -2.13. The normalized spacial score (nSPS) is 28.1. The van der Waals surface area contributed by atoms with Crippen LogP contribution >= 0.6 is 0 Å². The molecular formula is C5H10O8S2. The highest BCUT2D eigenvalue weighted by atomic mass is 32.2. The van der Waals surface area contributed by atoms with Crippen LogP contribution in [0.25, 0.3) is 0 Å². The SMILES string of the molecule is O=S(=O)(O)CC1OCOC1CS(=O)(=O)O. The highest BCUT2D eigenvalue weighted by Gasteiger charge is 2.35. The van der Waals surface area contributed by atoms with E-state index in [0.717, 1.165) is 0 Å². The summed E-state index contributed by atoms with van der Waals surface area (Å²) in [5.74, 6) is -1.54. The fourth-order valence-electron chi connectivity index (χ4n) is 1.15. The fourth-order valence-corrected chi connectivity index (χ4v) is 2.61. The van der Waals surface area contributed by atoms with E-state index in [2.05, 4.69) is 0 Å². The summed E-state index contributed by atoms with van der Waals surface area (Å²) in [4.78, 5) is 0. The number of ether oxygens (including phenoxy) is 2. The van der Waals surface area contributed by atoms with Crippen molar-refractivity contribution in [2.45, 2.75) is 12.2 Å². The van der Waals surface area contributed by atoms with Gasteiger partial charge in [-0.05, 0) is 0 Å². The van der Waals surface area contributed by atoms with Gasteiger partial charge < -0.3 is 9.47 Å². The maximum absolute atomic E-state index is 10.5. The van der Waals surface area contributed by atoms with E-state index in [1.54, 1.807) is 0 Å². The zero-order chi connectivity index (χ0) is 11.7. The maximum Gasteiger partial charge on any atom is 0.267 e. The molecule has 1 saturated heterocycles. The van der Waals surface area contributed by atoms with Gasteiger partial charge in [0.25, 0.3) is 20.2 Å². The molecule has 0 aromatic heterocycles. The van der Waals surface area contributed by atoms with E-state index >= 15 is 0 Å². The quantitative estimate of drug-likeness (QED) is 0.586. The van der Waals surface area contributed by atoms with Gasteiger partial charge in [-0.1, -0.05) is 0 Å². The van der Waals surface area contributed by atoms with Crippen LogP contribution in [0.4, 0.5) is 0 Å². The minimum Gasteiger partial charge on any atom is -0.348 e. The van der Waals surface area contributed by atoms with Crippen LogP contribution in [0, 0.1) is 0 Å². The van der Waals surface area contributed by atoms with Gasteiger partial charge >= 0.3 is 0 Å². The summed E-state index contributed by atoms with van der Waals surface area (Å²) in [7, 11) is -8.56. The highest BCUT2D eigenvalue weighted by Crippen LogP contribution is 2.16. The van der Waals surface area contributed by atoms with Crippen molar-refractivity contribution in [1.82, 2.24) is 0 Å². The molecule has 0 aliphatic carbocycles. The van der Waals surface area contributed by atoms with Gasteiger partial charge in [0.15, 0.2) is 0 Å². The Morgan fingerprint density at radius 3 is 1.53 bits per heavy atom. The van der Waals surface area contributed by atoms with Crippen molar-refractivity contribution >= 4 is 20.2 Å². The molecule has 0 aromatic carbocycles. The van der Waals surface area contributed by atoms with Gasteiger partial charge in [0.05, 0.1) is 0 Å². The number of hydrogen-bond donors (Lipinski definition) is 2. The molecule has 0 radical (unpaired) electrons. The molecule has 90 valence electrons. The second-order valence-electron chi connectivity index (χ2n) is 3.03. The molecule has 1 heterocycles. The van der Waals surface area contributed by atoms with Crippen molar-refractivity contribution in [3.8, 4) is 0 Å². The van der Waals surface area contributed by atoms with E-state index in [0.29, 0.717) is 0 Å². The van der Waals surface area contributed by atoms with E-state index in [4.69, 9.17) is 18.6 Å². The Labute approximate surface area is 86.7 Å². The zero-order valence-corrected chi connectivity index (χ0v) is 9.07. The van der Waals surface area contributed by atoms with E-state index in [1.807, 2.05) is 0 Å². The van der Waals surface area contributed by atoms with Crippen molar-refractivity contribution in [3.63, 3.8) is 0 Å². The fraction of sp³-hybridized carbons (Fsp3) is 1.00. The molecule has 2 N–H and O–H groups in total. The summed E-state index contributed by atoms with van der Waals surface area (Å²) in [5, 5.41) is 0. The lowest BCUT2D eigenvalue weighted by atomic mass is 10.3. The van der Waals surface area contributed by atoms with Crippen molar-refractivity contribution < 1.29 is 35.4 Å².